The molecule has 2 aromatic heterocycles. The molecule has 1 aromatic carbocycles. The van der Waals surface area contributed by atoms with E-state index < -0.39 is 45.1 Å². The maximum absolute atomic E-state index is 12.7. The maximum Gasteiger partial charge on any atom is 0.341 e. The Kier molecular flexibility index (Phi) is 8.87. The maximum atomic E-state index is 12.7. The second-order valence-corrected chi connectivity index (χ2v) is 12.9. The van der Waals surface area contributed by atoms with Gasteiger partial charge in [0, 0.05) is 4.88 Å². The molecule has 0 saturated heterocycles. The number of hydrogen-bond donors (Lipinski definition) is 1. The number of thiazole rings is 1. The lowest BCUT2D eigenvalue weighted by Crippen LogP contribution is -2.28. The number of fused-ring (bicyclic) bond motifs is 2. The fourth-order valence-corrected chi connectivity index (χ4v) is 7.69. The number of esters is 2. The van der Waals surface area contributed by atoms with Gasteiger partial charge in [0.15, 0.2) is 14.6 Å². The lowest BCUT2D eigenvalue weighted by atomic mass is 10.1. The van der Waals surface area contributed by atoms with Gasteiger partial charge in [-0.15, -0.1) is 17.8 Å². The number of terminal acetylenes is 1. The molecule has 40 heavy (non-hydrogen) atoms. The van der Waals surface area contributed by atoms with Crippen LogP contribution in [-0.4, -0.2) is 62.0 Å². The van der Waals surface area contributed by atoms with Gasteiger partial charge in [0.1, 0.15) is 16.5 Å². The first-order chi connectivity index (χ1) is 19.1. The van der Waals surface area contributed by atoms with Crippen molar-refractivity contribution >= 4 is 71.5 Å². The highest BCUT2D eigenvalue weighted by atomic mass is 32.2. The number of amides is 2. The van der Waals surface area contributed by atoms with Crippen molar-refractivity contribution in [3.63, 3.8) is 0 Å². The minimum Gasteiger partial charge on any atom is -0.465 e. The average molecular weight is 604 g/mol. The monoisotopic (exact) mass is 603 g/mol. The number of nitrogens with zero attached hydrogens (tertiary/aromatic N) is 2. The fourth-order valence-electron chi connectivity index (χ4n) is 4.30. The number of carbonyl (C=O) groups is 4. The van der Waals surface area contributed by atoms with Crippen molar-refractivity contribution in [3.8, 4) is 12.3 Å². The molecule has 0 saturated carbocycles. The van der Waals surface area contributed by atoms with Crippen LogP contribution in [0.3, 0.4) is 0 Å². The lowest BCUT2D eigenvalue weighted by Gasteiger charge is -2.08. The van der Waals surface area contributed by atoms with Crippen LogP contribution in [0.25, 0.3) is 10.2 Å². The third-order valence-electron chi connectivity index (χ3n) is 5.92. The molecular weight excluding hydrogens is 579 g/mol. The summed E-state index contributed by atoms with van der Waals surface area (Å²) in [6.07, 6.45) is 7.78. The molecule has 1 aliphatic rings. The van der Waals surface area contributed by atoms with Crippen LogP contribution in [0, 0.1) is 12.3 Å². The summed E-state index contributed by atoms with van der Waals surface area (Å²) in [6.45, 7) is 1.88. The average Bonchev–Trinajstić information content (AvgIpc) is 3.55. The first kappa shape index (κ1) is 29.2. The Morgan fingerprint density at radius 1 is 1.15 bits per heavy atom. The molecule has 210 valence electrons. The summed E-state index contributed by atoms with van der Waals surface area (Å²) in [5, 5.41) is 2.76. The van der Waals surface area contributed by atoms with Gasteiger partial charge in [-0.3, -0.25) is 9.59 Å². The van der Waals surface area contributed by atoms with Crippen LogP contribution in [0.15, 0.2) is 23.2 Å². The van der Waals surface area contributed by atoms with Crippen molar-refractivity contribution in [3.05, 3.63) is 44.6 Å². The van der Waals surface area contributed by atoms with Crippen LogP contribution < -0.4 is 10.1 Å². The number of hydrogen-bond acceptors (Lipinski definition) is 10. The number of rotatable bonds is 9. The molecule has 0 unspecified atom stereocenters. The lowest BCUT2D eigenvalue weighted by molar-refractivity contribution is -0.115. The van der Waals surface area contributed by atoms with E-state index in [1.807, 2.05) is 0 Å². The number of aromatic nitrogens is 1. The Bertz CT molecular complexity index is 1740. The fraction of sp³-hybridized carbons (Fsp3) is 0.346. The van der Waals surface area contributed by atoms with Crippen molar-refractivity contribution in [2.75, 3.05) is 30.5 Å². The Morgan fingerprint density at radius 3 is 2.62 bits per heavy atom. The van der Waals surface area contributed by atoms with E-state index in [0.29, 0.717) is 16.6 Å². The van der Waals surface area contributed by atoms with Crippen LogP contribution in [0.5, 0.6) is 0 Å². The van der Waals surface area contributed by atoms with E-state index in [2.05, 4.69) is 16.2 Å². The van der Waals surface area contributed by atoms with Crippen molar-refractivity contribution in [1.82, 2.24) is 4.57 Å². The molecule has 0 radical (unpaired) electrons. The summed E-state index contributed by atoms with van der Waals surface area (Å²) in [5.41, 5.74) is 1.97. The topological polar surface area (TPSA) is 150 Å². The standard InChI is InChI=1S/C26H25N3O8S3/c1-4-11-29-17-10-9-15(24(32)36-3)12-19(17)39-26(29)28-21(31)14-40(34,35)13-20(30)27-23-22(25(33)37-5-2)16-7-6-8-18(16)38-23/h1,9-10,12H,5-8,11,13-14H2,2-3H3,(H,27,30). The largest absolute Gasteiger partial charge is 0.465 e. The smallest absolute Gasteiger partial charge is 0.341 e. The SMILES string of the molecule is C#CCn1c(=NC(=O)CS(=O)(=O)CC(=O)Nc2sc3c(c2C(=O)OCC)CCC3)sc2cc(C(=O)OC)ccc21. The first-order valence-electron chi connectivity index (χ1n) is 12.1. The summed E-state index contributed by atoms with van der Waals surface area (Å²) in [6, 6.07) is 4.73. The van der Waals surface area contributed by atoms with E-state index in [-0.39, 0.29) is 34.1 Å². The highest BCUT2D eigenvalue weighted by Crippen LogP contribution is 2.39. The van der Waals surface area contributed by atoms with Crippen LogP contribution in [0.4, 0.5) is 5.00 Å². The molecule has 0 atom stereocenters. The Balaban J connectivity index is 1.52. The van der Waals surface area contributed by atoms with Crippen molar-refractivity contribution in [1.29, 1.82) is 0 Å². The number of methoxy groups -OCH3 is 1. The number of thiophene rings is 1. The zero-order valence-corrected chi connectivity index (χ0v) is 24.1. The molecular formula is C26H25N3O8S3. The second kappa shape index (κ2) is 12.2. The third kappa shape index (κ3) is 6.33. The van der Waals surface area contributed by atoms with E-state index in [4.69, 9.17) is 15.9 Å². The van der Waals surface area contributed by atoms with Gasteiger partial charge in [-0.1, -0.05) is 17.3 Å². The molecule has 3 aromatic rings. The van der Waals surface area contributed by atoms with Crippen LogP contribution >= 0.6 is 22.7 Å². The van der Waals surface area contributed by atoms with E-state index in [1.54, 1.807) is 23.6 Å². The molecule has 4 rings (SSSR count). The summed E-state index contributed by atoms with van der Waals surface area (Å²) in [4.78, 5) is 54.7. The van der Waals surface area contributed by atoms with Crippen molar-refractivity contribution < 1.29 is 37.1 Å². The van der Waals surface area contributed by atoms with Gasteiger partial charge in [0.2, 0.25) is 5.91 Å². The number of aryl methyl sites for hydroxylation is 1. The second-order valence-electron chi connectivity index (χ2n) is 8.72. The molecule has 2 heterocycles. The third-order valence-corrected chi connectivity index (χ3v) is 9.56. The number of nitrogens with one attached hydrogen (secondary N) is 1. The van der Waals surface area contributed by atoms with E-state index in [9.17, 15) is 27.6 Å². The molecule has 0 aliphatic heterocycles. The normalized spacial score (nSPS) is 13.1. The predicted octanol–water partition coefficient (Wildman–Crippen LogP) is 2.33. The zero-order valence-electron chi connectivity index (χ0n) is 21.6. The molecule has 2 amide bonds. The highest BCUT2D eigenvalue weighted by molar-refractivity contribution is 7.92. The number of carbonyl (C=O) groups excluding carboxylic acids is 4. The number of ether oxygens (including phenoxy) is 2. The summed E-state index contributed by atoms with van der Waals surface area (Å²) < 4.78 is 37.4. The van der Waals surface area contributed by atoms with Gasteiger partial charge >= 0.3 is 11.9 Å². The van der Waals surface area contributed by atoms with Gasteiger partial charge in [0.25, 0.3) is 5.91 Å². The van der Waals surface area contributed by atoms with Gasteiger partial charge < -0.3 is 19.4 Å². The van der Waals surface area contributed by atoms with E-state index >= 15 is 0 Å². The summed E-state index contributed by atoms with van der Waals surface area (Å²) >= 11 is 2.28. The molecule has 14 heteroatoms. The number of anilines is 1. The number of benzene rings is 1. The van der Waals surface area contributed by atoms with E-state index in [1.165, 1.54) is 24.5 Å². The van der Waals surface area contributed by atoms with Gasteiger partial charge in [-0.05, 0) is 49.9 Å². The van der Waals surface area contributed by atoms with Gasteiger partial charge in [0.05, 0.1) is 41.6 Å². The first-order valence-corrected chi connectivity index (χ1v) is 15.6. The quantitative estimate of drug-likeness (QED) is 0.289. The van der Waals surface area contributed by atoms with E-state index in [0.717, 1.165) is 34.6 Å². The zero-order chi connectivity index (χ0) is 29.0. The molecule has 0 spiro atoms. The molecule has 0 fully saturated rings. The Morgan fingerprint density at radius 2 is 1.93 bits per heavy atom. The van der Waals surface area contributed by atoms with Crippen LogP contribution in [-0.2, 0) is 48.3 Å². The molecule has 1 N–H and O–H groups in total. The van der Waals surface area contributed by atoms with Gasteiger partial charge in [-0.2, -0.15) is 4.99 Å². The molecule has 1 aliphatic carbocycles. The summed E-state index contributed by atoms with van der Waals surface area (Å²) in [7, 11) is -2.95. The predicted molar refractivity (Wildman–Crippen MR) is 150 cm³/mol. The van der Waals surface area contributed by atoms with Crippen LogP contribution in [0.1, 0.15) is 44.5 Å². The summed E-state index contributed by atoms with van der Waals surface area (Å²) in [5.74, 6) is -2.50. The van der Waals surface area contributed by atoms with Crippen molar-refractivity contribution in [2.24, 2.45) is 4.99 Å². The Hall–Kier alpha value is -3.80. The number of sulfone groups is 1. The minimum absolute atomic E-state index is 0.0480. The molecule has 0 bridgehead atoms. The minimum atomic E-state index is -4.21. The Labute approximate surface area is 237 Å². The highest BCUT2D eigenvalue weighted by Gasteiger charge is 2.29. The van der Waals surface area contributed by atoms with Crippen LogP contribution in [0.2, 0.25) is 0 Å². The van der Waals surface area contributed by atoms with Gasteiger partial charge in [-0.25, -0.2) is 18.0 Å². The molecule has 11 nitrogen and oxygen atoms in total. The van der Waals surface area contributed by atoms with Crippen molar-refractivity contribution in [2.45, 2.75) is 32.7 Å².